The monoisotopic (exact) mass is 261 g/mol. The minimum absolute atomic E-state index is 0.0778. The third-order valence-electron chi connectivity index (χ3n) is 1.88. The van der Waals surface area contributed by atoms with E-state index < -0.39 is 14.9 Å². The van der Waals surface area contributed by atoms with Crippen molar-refractivity contribution in [3.8, 4) is 11.5 Å². The van der Waals surface area contributed by atoms with Crippen LogP contribution in [-0.4, -0.2) is 13.4 Å². The summed E-state index contributed by atoms with van der Waals surface area (Å²) in [5.74, 6) is -0.680. The quantitative estimate of drug-likeness (QED) is 0.779. The predicted octanol–water partition coefficient (Wildman–Crippen LogP) is 2.41. The Labute approximate surface area is 95.1 Å². The van der Waals surface area contributed by atoms with Gasteiger partial charge in [-0.3, -0.25) is 0 Å². The first kappa shape index (κ1) is 11.1. The van der Waals surface area contributed by atoms with E-state index in [0.717, 1.165) is 6.07 Å². The summed E-state index contributed by atoms with van der Waals surface area (Å²) in [5.41, 5.74) is 0.0778. The molecule has 0 aliphatic rings. The van der Waals surface area contributed by atoms with Gasteiger partial charge >= 0.3 is 0 Å². The fourth-order valence-electron chi connectivity index (χ4n) is 1.18. The van der Waals surface area contributed by atoms with Crippen LogP contribution in [0.1, 0.15) is 0 Å². The van der Waals surface area contributed by atoms with Crippen LogP contribution in [0.4, 0.5) is 4.39 Å². The Morgan fingerprint density at radius 1 is 1.38 bits per heavy atom. The van der Waals surface area contributed by atoms with Gasteiger partial charge in [-0.05, 0) is 18.2 Å². The van der Waals surface area contributed by atoms with Crippen molar-refractivity contribution < 1.29 is 17.2 Å². The largest absolute Gasteiger partial charge is 0.444 e. The van der Waals surface area contributed by atoms with E-state index in [0.29, 0.717) is 0 Å². The molecule has 0 unspecified atom stereocenters. The van der Waals surface area contributed by atoms with Crippen LogP contribution in [0.5, 0.6) is 0 Å². The molecule has 0 saturated heterocycles. The lowest BCUT2D eigenvalue weighted by molar-refractivity contribution is 0.560. The van der Waals surface area contributed by atoms with Gasteiger partial charge in [-0.2, -0.15) is 0 Å². The summed E-state index contributed by atoms with van der Waals surface area (Å²) < 4.78 is 40.3. The maximum atomic E-state index is 13.5. The fraction of sp³-hybridized carbons (Fsp3) is 0. The molecule has 2 rings (SSSR count). The van der Waals surface area contributed by atoms with E-state index in [1.165, 1.54) is 24.6 Å². The number of nitrogens with zero attached hydrogens (tertiary/aromatic N) is 1. The maximum absolute atomic E-state index is 13.5. The van der Waals surface area contributed by atoms with Gasteiger partial charge in [0, 0.05) is 10.7 Å². The van der Waals surface area contributed by atoms with Crippen LogP contribution in [0.3, 0.4) is 0 Å². The molecule has 0 N–H and O–H groups in total. The fourth-order valence-corrected chi connectivity index (χ4v) is 1.94. The van der Waals surface area contributed by atoms with Crippen molar-refractivity contribution in [1.29, 1.82) is 0 Å². The van der Waals surface area contributed by atoms with Gasteiger partial charge in [-0.15, -0.1) is 0 Å². The Balaban J connectivity index is 2.54. The van der Waals surface area contributed by atoms with Crippen LogP contribution in [0.2, 0.25) is 0 Å². The number of hydrogen-bond donors (Lipinski definition) is 0. The van der Waals surface area contributed by atoms with Crippen molar-refractivity contribution >= 4 is 19.7 Å². The average molecular weight is 262 g/mol. The molecular formula is C9H5ClFNO3S. The van der Waals surface area contributed by atoms with Crippen LogP contribution in [0, 0.1) is 5.82 Å². The zero-order chi connectivity index (χ0) is 11.8. The van der Waals surface area contributed by atoms with E-state index in [4.69, 9.17) is 15.1 Å². The summed E-state index contributed by atoms with van der Waals surface area (Å²) >= 11 is 0. The molecule has 1 aromatic carbocycles. The lowest BCUT2D eigenvalue weighted by Gasteiger charge is -2.00. The molecule has 0 bridgehead atoms. The molecule has 84 valence electrons. The molecule has 0 aliphatic carbocycles. The number of benzene rings is 1. The highest BCUT2D eigenvalue weighted by atomic mass is 35.7. The molecule has 2 aromatic rings. The molecule has 0 fully saturated rings. The molecule has 0 atom stereocenters. The van der Waals surface area contributed by atoms with Gasteiger partial charge in [-0.25, -0.2) is 17.8 Å². The Morgan fingerprint density at radius 2 is 2.12 bits per heavy atom. The topological polar surface area (TPSA) is 60.2 Å². The van der Waals surface area contributed by atoms with Crippen LogP contribution in [0.25, 0.3) is 11.5 Å². The number of aromatic nitrogens is 1. The molecule has 16 heavy (non-hydrogen) atoms. The lowest BCUT2D eigenvalue weighted by atomic mass is 10.2. The maximum Gasteiger partial charge on any atom is 0.261 e. The zero-order valence-electron chi connectivity index (χ0n) is 7.72. The van der Waals surface area contributed by atoms with Gasteiger partial charge in [0.05, 0.1) is 16.7 Å². The van der Waals surface area contributed by atoms with Gasteiger partial charge < -0.3 is 4.42 Å². The first-order chi connectivity index (χ1) is 7.48. The molecule has 0 saturated carbocycles. The van der Waals surface area contributed by atoms with Crippen molar-refractivity contribution in [2.75, 3.05) is 0 Å². The third-order valence-corrected chi connectivity index (χ3v) is 3.24. The molecule has 0 spiro atoms. The first-order valence-electron chi connectivity index (χ1n) is 4.12. The summed E-state index contributed by atoms with van der Waals surface area (Å²) in [6.07, 6.45) is 2.65. The third kappa shape index (κ3) is 2.07. The SMILES string of the molecule is O=S(=O)(Cl)c1ccc(-c2ncco2)c(F)c1. The van der Waals surface area contributed by atoms with Crippen LogP contribution in [-0.2, 0) is 9.05 Å². The highest BCUT2D eigenvalue weighted by Crippen LogP contribution is 2.24. The lowest BCUT2D eigenvalue weighted by Crippen LogP contribution is -1.93. The zero-order valence-corrected chi connectivity index (χ0v) is 9.30. The van der Waals surface area contributed by atoms with Gasteiger partial charge in [0.1, 0.15) is 12.1 Å². The van der Waals surface area contributed by atoms with Crippen LogP contribution < -0.4 is 0 Å². The Morgan fingerprint density at radius 3 is 2.62 bits per heavy atom. The van der Waals surface area contributed by atoms with E-state index in [-0.39, 0.29) is 16.3 Å². The molecule has 7 heteroatoms. The van der Waals surface area contributed by atoms with Crippen molar-refractivity contribution in [3.05, 3.63) is 36.5 Å². The van der Waals surface area contributed by atoms with Gasteiger partial charge in [0.25, 0.3) is 9.05 Å². The van der Waals surface area contributed by atoms with Crippen LogP contribution >= 0.6 is 10.7 Å². The molecule has 4 nitrogen and oxygen atoms in total. The van der Waals surface area contributed by atoms with E-state index in [9.17, 15) is 12.8 Å². The normalized spacial score (nSPS) is 11.6. The average Bonchev–Trinajstić information content (AvgIpc) is 2.69. The van der Waals surface area contributed by atoms with Gasteiger partial charge in [0.15, 0.2) is 0 Å². The van der Waals surface area contributed by atoms with Crippen LogP contribution in [0.15, 0.2) is 40.0 Å². The summed E-state index contributed by atoms with van der Waals surface area (Å²) in [5, 5.41) is 0. The molecule has 1 heterocycles. The first-order valence-corrected chi connectivity index (χ1v) is 6.43. The molecular weight excluding hydrogens is 257 g/mol. The second-order valence-corrected chi connectivity index (χ2v) is 5.48. The van der Waals surface area contributed by atoms with Crippen molar-refractivity contribution in [3.63, 3.8) is 0 Å². The summed E-state index contributed by atoms with van der Waals surface area (Å²) in [6, 6.07) is 3.25. The Bertz CT molecular complexity index is 610. The highest BCUT2D eigenvalue weighted by molar-refractivity contribution is 8.13. The highest BCUT2D eigenvalue weighted by Gasteiger charge is 2.15. The van der Waals surface area contributed by atoms with Crippen molar-refractivity contribution in [2.24, 2.45) is 0 Å². The second kappa shape index (κ2) is 3.88. The number of rotatable bonds is 2. The van der Waals surface area contributed by atoms with E-state index >= 15 is 0 Å². The van der Waals surface area contributed by atoms with Gasteiger partial charge in [-0.1, -0.05) is 0 Å². The Kier molecular flexibility index (Phi) is 2.69. The van der Waals surface area contributed by atoms with Gasteiger partial charge in [0.2, 0.25) is 5.89 Å². The smallest absolute Gasteiger partial charge is 0.261 e. The number of hydrogen-bond acceptors (Lipinski definition) is 4. The summed E-state index contributed by atoms with van der Waals surface area (Å²) in [7, 11) is 1.14. The molecule has 0 radical (unpaired) electrons. The number of oxazole rings is 1. The Hall–Kier alpha value is -1.40. The molecule has 1 aromatic heterocycles. The minimum atomic E-state index is -3.93. The van der Waals surface area contributed by atoms with E-state index in [2.05, 4.69) is 4.98 Å². The summed E-state index contributed by atoms with van der Waals surface area (Å²) in [4.78, 5) is 3.45. The summed E-state index contributed by atoms with van der Waals surface area (Å²) in [6.45, 7) is 0. The van der Waals surface area contributed by atoms with E-state index in [1.54, 1.807) is 0 Å². The van der Waals surface area contributed by atoms with Crippen molar-refractivity contribution in [1.82, 2.24) is 4.98 Å². The van der Waals surface area contributed by atoms with E-state index in [1.807, 2.05) is 0 Å². The molecule has 0 amide bonds. The molecule has 0 aliphatic heterocycles. The minimum Gasteiger partial charge on any atom is -0.444 e. The second-order valence-electron chi connectivity index (χ2n) is 2.92. The number of halogens is 2. The predicted molar refractivity (Wildman–Crippen MR) is 54.9 cm³/mol. The van der Waals surface area contributed by atoms with Crippen molar-refractivity contribution in [2.45, 2.75) is 4.90 Å². The standard InChI is InChI=1S/C9H5ClFNO3S/c10-16(13,14)6-1-2-7(8(11)5-6)9-12-3-4-15-9/h1-5H.